The number of hydrogen-bond acceptors (Lipinski definition) is 6. The van der Waals surface area contributed by atoms with Gasteiger partial charge in [-0.1, -0.05) is 18.2 Å². The molecule has 0 bridgehead atoms. The van der Waals surface area contributed by atoms with Crippen LogP contribution in [0.15, 0.2) is 84.2 Å². The van der Waals surface area contributed by atoms with Crippen molar-refractivity contribution in [3.05, 3.63) is 100 Å². The molecule has 0 fully saturated rings. The van der Waals surface area contributed by atoms with Crippen molar-refractivity contribution in [2.75, 3.05) is 0 Å². The molecule has 1 N–H and O–H groups in total. The number of benzene rings is 2. The summed E-state index contributed by atoms with van der Waals surface area (Å²) in [6.45, 7) is 0. The van der Waals surface area contributed by atoms with E-state index in [1.54, 1.807) is 30.6 Å². The van der Waals surface area contributed by atoms with Crippen LogP contribution in [-0.4, -0.2) is 27.0 Å². The monoisotopic (exact) mass is 397 g/mol. The lowest BCUT2D eigenvalue weighted by Gasteiger charge is -2.08. The Morgan fingerprint density at radius 1 is 1.03 bits per heavy atom. The van der Waals surface area contributed by atoms with Crippen LogP contribution in [0.3, 0.4) is 0 Å². The van der Waals surface area contributed by atoms with Crippen molar-refractivity contribution in [1.29, 1.82) is 0 Å². The Kier molecular flexibility index (Phi) is 5.21. The standard InChI is InChI=1S/C22H15N5O3/c28-22(26-24-14-15-5-7-17(8-6-15)27(29)30)19-13-21(16-9-11-23-12-10-16)25-20-4-2-1-3-18(19)20/h1-14H,(H,26,28)/b24-14-. The molecule has 4 rings (SSSR count). The highest BCUT2D eigenvalue weighted by molar-refractivity contribution is 6.07. The maximum absolute atomic E-state index is 12.8. The highest BCUT2D eigenvalue weighted by Gasteiger charge is 2.13. The van der Waals surface area contributed by atoms with Gasteiger partial charge in [0.1, 0.15) is 0 Å². The van der Waals surface area contributed by atoms with Crippen LogP contribution in [0.5, 0.6) is 0 Å². The topological polar surface area (TPSA) is 110 Å². The minimum absolute atomic E-state index is 0.0110. The molecule has 0 radical (unpaired) electrons. The van der Waals surface area contributed by atoms with Crippen LogP contribution < -0.4 is 5.43 Å². The molecule has 2 heterocycles. The van der Waals surface area contributed by atoms with Crippen LogP contribution in [0, 0.1) is 10.1 Å². The van der Waals surface area contributed by atoms with Gasteiger partial charge in [-0.2, -0.15) is 5.10 Å². The minimum Gasteiger partial charge on any atom is -0.267 e. The van der Waals surface area contributed by atoms with Gasteiger partial charge in [-0.15, -0.1) is 0 Å². The highest BCUT2D eigenvalue weighted by atomic mass is 16.6. The van der Waals surface area contributed by atoms with Gasteiger partial charge < -0.3 is 0 Å². The van der Waals surface area contributed by atoms with Gasteiger partial charge in [-0.25, -0.2) is 10.4 Å². The van der Waals surface area contributed by atoms with Gasteiger partial charge >= 0.3 is 0 Å². The van der Waals surface area contributed by atoms with E-state index in [0.29, 0.717) is 27.7 Å². The zero-order valence-corrected chi connectivity index (χ0v) is 15.6. The molecule has 2 aromatic heterocycles. The first kappa shape index (κ1) is 18.9. The molecule has 1 amide bonds. The van der Waals surface area contributed by atoms with Crippen molar-refractivity contribution in [3.63, 3.8) is 0 Å². The Morgan fingerprint density at radius 3 is 2.50 bits per heavy atom. The predicted octanol–water partition coefficient (Wildman–Crippen LogP) is 3.97. The molecule has 2 aromatic carbocycles. The molecule has 8 nitrogen and oxygen atoms in total. The van der Waals surface area contributed by atoms with Gasteiger partial charge in [0, 0.05) is 35.5 Å². The average molecular weight is 397 g/mol. The fourth-order valence-electron chi connectivity index (χ4n) is 2.94. The molecule has 0 atom stereocenters. The average Bonchev–Trinajstić information content (AvgIpc) is 2.79. The molecule has 8 heteroatoms. The molecule has 0 aliphatic carbocycles. The smallest absolute Gasteiger partial charge is 0.267 e. The molecule has 0 spiro atoms. The number of pyridine rings is 2. The maximum Gasteiger partial charge on any atom is 0.272 e. The number of nitro groups is 1. The zero-order valence-electron chi connectivity index (χ0n) is 15.6. The summed E-state index contributed by atoms with van der Waals surface area (Å²) in [5.41, 5.74) is 5.75. The summed E-state index contributed by atoms with van der Waals surface area (Å²) in [6.07, 6.45) is 4.76. The molecule has 4 aromatic rings. The second-order valence-electron chi connectivity index (χ2n) is 6.36. The molecular weight excluding hydrogens is 382 g/mol. The summed E-state index contributed by atoms with van der Waals surface area (Å²) in [6, 6.07) is 18.6. The van der Waals surface area contributed by atoms with Gasteiger partial charge in [0.2, 0.25) is 0 Å². The zero-order chi connectivity index (χ0) is 20.9. The SMILES string of the molecule is O=C(N/N=C\c1ccc([N+](=O)[O-])cc1)c1cc(-c2ccncc2)nc2ccccc12. The van der Waals surface area contributed by atoms with Crippen LogP contribution in [0.2, 0.25) is 0 Å². The van der Waals surface area contributed by atoms with Crippen molar-refractivity contribution in [3.8, 4) is 11.3 Å². The van der Waals surface area contributed by atoms with Gasteiger partial charge in [0.25, 0.3) is 11.6 Å². The van der Waals surface area contributed by atoms with E-state index in [4.69, 9.17) is 0 Å². The number of aromatic nitrogens is 2. The van der Waals surface area contributed by atoms with Crippen LogP contribution in [0.4, 0.5) is 5.69 Å². The summed E-state index contributed by atoms with van der Waals surface area (Å²) in [5.74, 6) is -0.387. The van der Waals surface area contributed by atoms with Crippen molar-refractivity contribution in [2.45, 2.75) is 0 Å². The number of rotatable bonds is 5. The van der Waals surface area contributed by atoms with Crippen LogP contribution >= 0.6 is 0 Å². The van der Waals surface area contributed by atoms with Crippen molar-refractivity contribution in [2.24, 2.45) is 5.10 Å². The number of carbonyl (C=O) groups excluding carboxylic acids is 1. The van der Waals surface area contributed by atoms with E-state index in [9.17, 15) is 14.9 Å². The lowest BCUT2D eigenvalue weighted by molar-refractivity contribution is -0.384. The van der Waals surface area contributed by atoms with Crippen LogP contribution in [-0.2, 0) is 0 Å². The molecule has 30 heavy (non-hydrogen) atoms. The fraction of sp³-hybridized carbons (Fsp3) is 0. The molecule has 0 saturated carbocycles. The van der Waals surface area contributed by atoms with E-state index in [1.165, 1.54) is 18.3 Å². The molecule has 0 saturated heterocycles. The van der Waals surface area contributed by atoms with Crippen molar-refractivity contribution in [1.82, 2.24) is 15.4 Å². The number of carbonyl (C=O) groups is 1. The van der Waals surface area contributed by atoms with E-state index in [1.807, 2.05) is 36.4 Å². The minimum atomic E-state index is -0.475. The highest BCUT2D eigenvalue weighted by Crippen LogP contribution is 2.24. The number of hydrogen-bond donors (Lipinski definition) is 1. The third kappa shape index (κ3) is 4.02. The van der Waals surface area contributed by atoms with Crippen molar-refractivity contribution < 1.29 is 9.72 Å². The molecule has 0 aliphatic heterocycles. The van der Waals surface area contributed by atoms with Crippen LogP contribution in [0.1, 0.15) is 15.9 Å². The quantitative estimate of drug-likeness (QED) is 0.311. The summed E-state index contributed by atoms with van der Waals surface area (Å²) in [4.78, 5) is 31.7. The van der Waals surface area contributed by atoms with Gasteiger partial charge in [-0.05, 0) is 42.0 Å². The molecule has 0 unspecified atom stereocenters. The lowest BCUT2D eigenvalue weighted by Crippen LogP contribution is -2.18. The normalized spacial score (nSPS) is 10.9. The predicted molar refractivity (Wildman–Crippen MR) is 113 cm³/mol. The number of fused-ring (bicyclic) bond motifs is 1. The Bertz CT molecular complexity index is 1260. The number of para-hydroxylation sites is 1. The first-order chi connectivity index (χ1) is 14.6. The summed E-state index contributed by atoms with van der Waals surface area (Å²) in [5, 5.41) is 15.4. The number of amides is 1. The van der Waals surface area contributed by atoms with E-state index < -0.39 is 4.92 Å². The largest absolute Gasteiger partial charge is 0.272 e. The van der Waals surface area contributed by atoms with Gasteiger partial charge in [0.05, 0.1) is 27.9 Å². The first-order valence-corrected chi connectivity index (χ1v) is 9.00. The summed E-state index contributed by atoms with van der Waals surface area (Å²) >= 11 is 0. The third-order valence-electron chi connectivity index (χ3n) is 4.42. The first-order valence-electron chi connectivity index (χ1n) is 9.00. The maximum atomic E-state index is 12.8. The van der Waals surface area contributed by atoms with E-state index in [-0.39, 0.29) is 11.6 Å². The lowest BCUT2D eigenvalue weighted by atomic mass is 10.0. The fourth-order valence-corrected chi connectivity index (χ4v) is 2.94. The Morgan fingerprint density at radius 2 is 1.77 bits per heavy atom. The molecular formula is C22H15N5O3. The second-order valence-corrected chi connectivity index (χ2v) is 6.36. The number of nitro benzene ring substituents is 1. The third-order valence-corrected chi connectivity index (χ3v) is 4.42. The number of non-ortho nitro benzene ring substituents is 1. The Hall–Kier alpha value is -4.46. The van der Waals surface area contributed by atoms with E-state index >= 15 is 0 Å². The molecule has 0 aliphatic rings. The van der Waals surface area contributed by atoms with Crippen LogP contribution in [0.25, 0.3) is 22.2 Å². The van der Waals surface area contributed by atoms with Gasteiger partial charge in [-0.3, -0.25) is 19.9 Å². The number of nitrogens with zero attached hydrogens (tertiary/aromatic N) is 4. The van der Waals surface area contributed by atoms with Gasteiger partial charge in [0.15, 0.2) is 0 Å². The second kappa shape index (κ2) is 8.27. The molecule has 146 valence electrons. The van der Waals surface area contributed by atoms with E-state index in [2.05, 4.69) is 20.5 Å². The Balaban J connectivity index is 1.61. The van der Waals surface area contributed by atoms with Crippen molar-refractivity contribution >= 4 is 28.7 Å². The number of nitrogens with one attached hydrogen (secondary N) is 1. The van der Waals surface area contributed by atoms with E-state index in [0.717, 1.165) is 5.56 Å². The summed E-state index contributed by atoms with van der Waals surface area (Å²) < 4.78 is 0. The number of hydrazone groups is 1. The summed E-state index contributed by atoms with van der Waals surface area (Å²) in [7, 11) is 0. The Labute approximate surface area is 171 Å².